The van der Waals surface area contributed by atoms with Crippen LogP contribution in [0.4, 0.5) is 4.79 Å². The number of likely N-dealkylation sites (tertiary alicyclic amines) is 1. The summed E-state index contributed by atoms with van der Waals surface area (Å²) in [6.07, 6.45) is -0.403. The summed E-state index contributed by atoms with van der Waals surface area (Å²) in [5, 5.41) is 20.9. The molecule has 2 aliphatic rings. The number of carboxylic acids is 1. The number of nitrogens with one attached hydrogen (secondary N) is 1. The molecule has 2 fully saturated rings. The normalized spacial score (nSPS) is 35.7. The van der Waals surface area contributed by atoms with E-state index in [0.29, 0.717) is 0 Å². The maximum absolute atomic E-state index is 10.9. The second-order valence-corrected chi connectivity index (χ2v) is 3.73. The predicted octanol–water partition coefficient (Wildman–Crippen LogP) is -0.589. The zero-order valence-electron chi connectivity index (χ0n) is 7.51. The third-order valence-electron chi connectivity index (χ3n) is 3.03. The summed E-state index contributed by atoms with van der Waals surface area (Å²) in [5.41, 5.74) is 0. The van der Waals surface area contributed by atoms with Crippen LogP contribution in [-0.4, -0.2) is 52.3 Å². The van der Waals surface area contributed by atoms with Crippen LogP contribution in [0.25, 0.3) is 0 Å². The Hall–Kier alpha value is -1.30. The zero-order valence-corrected chi connectivity index (χ0v) is 7.51. The molecule has 2 aliphatic heterocycles. The van der Waals surface area contributed by atoms with E-state index < -0.39 is 18.1 Å². The van der Waals surface area contributed by atoms with Gasteiger partial charge in [-0.1, -0.05) is 0 Å². The van der Waals surface area contributed by atoms with Gasteiger partial charge in [0.05, 0.1) is 0 Å². The molecule has 0 saturated carbocycles. The van der Waals surface area contributed by atoms with E-state index >= 15 is 0 Å². The lowest BCUT2D eigenvalue weighted by Crippen LogP contribution is -2.42. The number of fused-ring (bicyclic) bond motifs is 1. The van der Waals surface area contributed by atoms with Crippen molar-refractivity contribution in [1.82, 2.24) is 10.2 Å². The Labute approximate surface area is 80.5 Å². The maximum Gasteiger partial charge on any atom is 0.408 e. The largest absolute Gasteiger partial charge is 0.480 e. The lowest BCUT2D eigenvalue weighted by atomic mass is 9.97. The van der Waals surface area contributed by atoms with E-state index in [1.807, 2.05) is 0 Å². The van der Waals surface area contributed by atoms with E-state index in [9.17, 15) is 9.59 Å². The molecule has 3 N–H and O–H groups in total. The van der Waals surface area contributed by atoms with Crippen molar-refractivity contribution in [1.29, 1.82) is 0 Å². The molecular formula is C8H12N2O4. The molecule has 2 saturated heterocycles. The van der Waals surface area contributed by atoms with E-state index in [-0.39, 0.29) is 18.5 Å². The molecule has 0 aromatic carbocycles. The van der Waals surface area contributed by atoms with Crippen LogP contribution < -0.4 is 5.32 Å². The fourth-order valence-electron chi connectivity index (χ4n) is 2.44. The molecule has 1 amide bonds. The standard InChI is InChI=1S/C8H12N2O4/c11-7(12)6-4-1-2-9-5(4)3-10(6)8(13)14/h4-6,9H,1-3H2,(H,11,12)(H,13,14). The quantitative estimate of drug-likeness (QED) is 0.526. The van der Waals surface area contributed by atoms with Gasteiger partial charge in [-0.2, -0.15) is 0 Å². The molecule has 0 aliphatic carbocycles. The minimum Gasteiger partial charge on any atom is -0.480 e. The van der Waals surface area contributed by atoms with Crippen molar-refractivity contribution >= 4 is 12.1 Å². The van der Waals surface area contributed by atoms with Gasteiger partial charge in [0.25, 0.3) is 0 Å². The van der Waals surface area contributed by atoms with Gasteiger partial charge >= 0.3 is 12.1 Å². The molecule has 6 heteroatoms. The Morgan fingerprint density at radius 1 is 1.36 bits per heavy atom. The Morgan fingerprint density at radius 2 is 2.07 bits per heavy atom. The number of carboxylic acid groups (broad SMARTS) is 2. The van der Waals surface area contributed by atoms with Gasteiger partial charge in [0.15, 0.2) is 0 Å². The zero-order chi connectivity index (χ0) is 10.3. The Bertz CT molecular complexity index is 281. The van der Waals surface area contributed by atoms with Crippen LogP contribution in [-0.2, 0) is 4.79 Å². The van der Waals surface area contributed by atoms with Crippen molar-refractivity contribution in [3.05, 3.63) is 0 Å². The molecule has 0 radical (unpaired) electrons. The van der Waals surface area contributed by atoms with Crippen LogP contribution in [0.1, 0.15) is 6.42 Å². The van der Waals surface area contributed by atoms with E-state index in [2.05, 4.69) is 5.32 Å². The Balaban J connectivity index is 2.21. The summed E-state index contributed by atoms with van der Waals surface area (Å²) in [5.74, 6) is -1.10. The topological polar surface area (TPSA) is 89.9 Å². The fraction of sp³-hybridized carbons (Fsp3) is 0.750. The van der Waals surface area contributed by atoms with E-state index in [0.717, 1.165) is 17.9 Å². The molecule has 0 bridgehead atoms. The number of carbonyl (C=O) groups is 2. The second-order valence-electron chi connectivity index (χ2n) is 3.73. The molecule has 6 nitrogen and oxygen atoms in total. The third kappa shape index (κ3) is 1.22. The maximum atomic E-state index is 10.9. The van der Waals surface area contributed by atoms with Gasteiger partial charge < -0.3 is 15.5 Å². The molecule has 2 rings (SSSR count). The number of hydrogen-bond acceptors (Lipinski definition) is 3. The first-order chi connectivity index (χ1) is 6.61. The molecule has 0 aromatic rings. The molecule has 14 heavy (non-hydrogen) atoms. The van der Waals surface area contributed by atoms with Crippen molar-refractivity contribution in [2.45, 2.75) is 18.5 Å². The summed E-state index contributed by atoms with van der Waals surface area (Å²) in [6, 6.07) is -0.848. The van der Waals surface area contributed by atoms with E-state index in [1.54, 1.807) is 0 Å². The summed E-state index contributed by atoms with van der Waals surface area (Å²) in [6.45, 7) is 1.07. The number of rotatable bonds is 1. The summed E-state index contributed by atoms with van der Waals surface area (Å²) < 4.78 is 0. The highest BCUT2D eigenvalue weighted by atomic mass is 16.4. The van der Waals surface area contributed by atoms with Gasteiger partial charge in [-0.15, -0.1) is 0 Å². The summed E-state index contributed by atoms with van der Waals surface area (Å²) in [4.78, 5) is 22.7. The lowest BCUT2D eigenvalue weighted by molar-refractivity contribution is -0.142. The predicted molar refractivity (Wildman–Crippen MR) is 46.1 cm³/mol. The minimum absolute atomic E-state index is 0.0206. The van der Waals surface area contributed by atoms with Gasteiger partial charge in [0.1, 0.15) is 6.04 Å². The lowest BCUT2D eigenvalue weighted by Gasteiger charge is -2.20. The van der Waals surface area contributed by atoms with Crippen LogP contribution in [0.15, 0.2) is 0 Å². The average molecular weight is 200 g/mol. The highest BCUT2D eigenvalue weighted by Gasteiger charge is 2.49. The van der Waals surface area contributed by atoms with Gasteiger partial charge in [0.2, 0.25) is 0 Å². The van der Waals surface area contributed by atoms with Crippen molar-refractivity contribution < 1.29 is 19.8 Å². The number of aliphatic carboxylic acids is 1. The van der Waals surface area contributed by atoms with Crippen LogP contribution in [0.5, 0.6) is 0 Å². The molecule has 78 valence electrons. The van der Waals surface area contributed by atoms with E-state index in [4.69, 9.17) is 10.2 Å². The SMILES string of the molecule is O=C(O)C1C2CCNC2CN1C(=O)O. The highest BCUT2D eigenvalue weighted by molar-refractivity contribution is 5.80. The first-order valence-electron chi connectivity index (χ1n) is 4.57. The first kappa shape index (κ1) is 9.26. The third-order valence-corrected chi connectivity index (χ3v) is 3.03. The number of hydrogen-bond donors (Lipinski definition) is 3. The van der Waals surface area contributed by atoms with Crippen molar-refractivity contribution in [2.75, 3.05) is 13.1 Å². The van der Waals surface area contributed by atoms with Crippen LogP contribution in [0.2, 0.25) is 0 Å². The van der Waals surface area contributed by atoms with Crippen molar-refractivity contribution in [3.63, 3.8) is 0 Å². The Kier molecular flexibility index (Phi) is 2.07. The molecule has 2 heterocycles. The molecular weight excluding hydrogens is 188 g/mol. The second kappa shape index (κ2) is 3.13. The van der Waals surface area contributed by atoms with Gasteiger partial charge in [0, 0.05) is 18.5 Å². The van der Waals surface area contributed by atoms with Crippen molar-refractivity contribution in [2.24, 2.45) is 5.92 Å². The average Bonchev–Trinajstić information content (AvgIpc) is 2.58. The molecule has 3 atom stereocenters. The molecule has 3 unspecified atom stereocenters. The van der Waals surface area contributed by atoms with Crippen LogP contribution in [0.3, 0.4) is 0 Å². The minimum atomic E-state index is -1.14. The van der Waals surface area contributed by atoms with Gasteiger partial charge in [-0.3, -0.25) is 4.90 Å². The number of nitrogens with zero attached hydrogens (tertiary/aromatic N) is 1. The number of amides is 1. The van der Waals surface area contributed by atoms with Crippen LogP contribution in [0, 0.1) is 5.92 Å². The van der Waals surface area contributed by atoms with E-state index in [1.165, 1.54) is 0 Å². The Morgan fingerprint density at radius 3 is 2.64 bits per heavy atom. The highest BCUT2D eigenvalue weighted by Crippen LogP contribution is 2.31. The van der Waals surface area contributed by atoms with Crippen LogP contribution >= 0.6 is 0 Å². The first-order valence-corrected chi connectivity index (χ1v) is 4.57. The summed E-state index contributed by atoms with van der Waals surface area (Å²) >= 11 is 0. The van der Waals surface area contributed by atoms with Gasteiger partial charge in [-0.05, 0) is 13.0 Å². The summed E-state index contributed by atoms with van der Waals surface area (Å²) in [7, 11) is 0. The monoisotopic (exact) mass is 200 g/mol. The smallest absolute Gasteiger partial charge is 0.408 e. The molecule has 0 spiro atoms. The molecule has 0 aromatic heterocycles. The van der Waals surface area contributed by atoms with Crippen molar-refractivity contribution in [3.8, 4) is 0 Å². The van der Waals surface area contributed by atoms with Gasteiger partial charge in [-0.25, -0.2) is 9.59 Å². The fourth-order valence-corrected chi connectivity index (χ4v) is 2.44.